The smallest absolute Gasteiger partial charge is 0.336 e. The summed E-state index contributed by atoms with van der Waals surface area (Å²) in [5, 5.41) is 27.9. The number of carboxylic acids is 2. The van der Waals surface area contributed by atoms with Gasteiger partial charge in [0.2, 0.25) is 0 Å². The van der Waals surface area contributed by atoms with Gasteiger partial charge in [-0.25, -0.2) is 21.6 Å². The number of hydrogen-bond acceptors (Lipinski definition) is 12. The van der Waals surface area contributed by atoms with Gasteiger partial charge in [0.1, 0.15) is 30.0 Å². The molecular formula is C21H11N2O11S2-3. The highest BCUT2D eigenvalue weighted by molar-refractivity contribution is 7.86. The van der Waals surface area contributed by atoms with Crippen LogP contribution >= 0.6 is 0 Å². The van der Waals surface area contributed by atoms with Crippen molar-refractivity contribution in [3.63, 3.8) is 0 Å². The van der Waals surface area contributed by atoms with Crippen LogP contribution in [0.25, 0.3) is 33.4 Å². The van der Waals surface area contributed by atoms with E-state index in [0.717, 1.165) is 42.5 Å². The van der Waals surface area contributed by atoms with Gasteiger partial charge in [-0.05, 0) is 41.5 Å². The number of carbonyl (C=O) groups excluding carboxylic acids is 1. The third kappa shape index (κ3) is 3.95. The van der Waals surface area contributed by atoms with Crippen LogP contribution < -0.4 is 16.2 Å². The lowest BCUT2D eigenvalue weighted by Crippen LogP contribution is -2.22. The summed E-state index contributed by atoms with van der Waals surface area (Å²) in [5.74, 6) is -4.17. The van der Waals surface area contributed by atoms with Crippen LogP contribution in [0.15, 0.2) is 56.7 Å². The van der Waals surface area contributed by atoms with Crippen LogP contribution in [0.1, 0.15) is 20.7 Å². The summed E-state index contributed by atoms with van der Waals surface area (Å²) in [6.07, 6.45) is 0. The topological polar surface area (TPSA) is 255 Å². The van der Waals surface area contributed by atoms with E-state index in [0.29, 0.717) is 0 Å². The van der Waals surface area contributed by atoms with Crippen molar-refractivity contribution < 1.29 is 50.2 Å². The zero-order valence-electron chi connectivity index (χ0n) is 17.5. The molecule has 186 valence electrons. The maximum absolute atomic E-state index is 12.0. The van der Waals surface area contributed by atoms with E-state index in [2.05, 4.69) is 0 Å². The molecule has 0 fully saturated rings. The van der Waals surface area contributed by atoms with Crippen molar-refractivity contribution in [2.45, 2.75) is 9.79 Å². The number of aromatic carboxylic acids is 2. The van der Waals surface area contributed by atoms with Crippen molar-refractivity contribution in [3.8, 4) is 22.5 Å². The minimum atomic E-state index is -5.42. The highest BCUT2D eigenvalue weighted by Crippen LogP contribution is 2.45. The Morgan fingerprint density at radius 3 is 2.08 bits per heavy atom. The number of rotatable bonds is 5. The predicted molar refractivity (Wildman–Crippen MR) is 116 cm³/mol. The molecule has 36 heavy (non-hydrogen) atoms. The van der Waals surface area contributed by atoms with Gasteiger partial charge in [-0.1, -0.05) is 12.1 Å². The first-order valence-electron chi connectivity index (χ1n) is 9.50. The van der Waals surface area contributed by atoms with Crippen molar-refractivity contribution in [3.05, 3.63) is 58.9 Å². The van der Waals surface area contributed by atoms with Crippen LogP contribution in [-0.2, 0) is 20.2 Å². The van der Waals surface area contributed by atoms with E-state index in [1.165, 1.54) is 0 Å². The van der Waals surface area contributed by atoms with Gasteiger partial charge in [-0.3, -0.25) is 5.41 Å². The molecule has 2 aliphatic rings. The summed E-state index contributed by atoms with van der Waals surface area (Å²) in [7, 11) is -10.8. The minimum absolute atomic E-state index is 0.233. The van der Waals surface area contributed by atoms with Crippen LogP contribution in [0.2, 0.25) is 0 Å². The van der Waals surface area contributed by atoms with Gasteiger partial charge in [0, 0.05) is 16.5 Å². The Labute approximate surface area is 201 Å². The molecule has 1 aliphatic heterocycles. The van der Waals surface area contributed by atoms with Crippen molar-refractivity contribution >= 4 is 48.8 Å². The number of nitrogens with two attached hydrogens (primary N) is 1. The highest BCUT2D eigenvalue weighted by atomic mass is 32.2. The maximum Gasteiger partial charge on any atom is 0.336 e. The van der Waals surface area contributed by atoms with Gasteiger partial charge in [0.05, 0.1) is 22.6 Å². The van der Waals surface area contributed by atoms with Crippen LogP contribution in [0.4, 0.5) is 5.69 Å². The summed E-state index contributed by atoms with van der Waals surface area (Å²) in [5.41, 5.74) is 2.38. The van der Waals surface area contributed by atoms with Crippen LogP contribution in [0, 0.1) is 5.41 Å². The Hall–Kier alpha value is -4.31. The Kier molecular flexibility index (Phi) is 5.60. The molecule has 0 bridgehead atoms. The molecule has 0 aromatic heterocycles. The Balaban J connectivity index is 2.37. The molecule has 13 nitrogen and oxygen atoms in total. The normalized spacial score (nSPS) is 12.2. The van der Waals surface area contributed by atoms with Gasteiger partial charge < -0.3 is 34.3 Å². The number of carboxylic acid groups (broad SMARTS) is 2. The number of carbonyl (C=O) groups is 2. The fourth-order valence-corrected chi connectivity index (χ4v) is 5.30. The fourth-order valence-electron chi connectivity index (χ4n) is 3.85. The standard InChI is InChI=1S/C21H14N2O11S2/c22-13-5-3-10-15(9-2-1-8(20(24)25)7-12(9)21(26)27)11-4-6-14(23)19(36(31,32)33)17(11)34-16(10)18(13)35(28,29)30/h1-7,22H,23H2,(H,24,25)(H,26,27)(H,28,29,30)(H,31,32,33)/p-3. The number of fused-ring (bicyclic) bond motifs is 2. The monoisotopic (exact) mass is 531 g/mol. The van der Waals surface area contributed by atoms with Gasteiger partial charge in [0.25, 0.3) is 0 Å². The number of nitrogen functional groups attached to an aromatic ring is 1. The zero-order chi connectivity index (χ0) is 26.7. The first-order chi connectivity index (χ1) is 16.6. The molecule has 4 N–H and O–H groups in total. The molecule has 0 spiro atoms. The second-order valence-electron chi connectivity index (χ2n) is 7.42. The molecular weight excluding hydrogens is 520 g/mol. The number of nitrogens with one attached hydrogen (secondary N) is 1. The van der Waals surface area contributed by atoms with Crippen molar-refractivity contribution in [1.82, 2.24) is 0 Å². The number of benzene rings is 3. The average Bonchev–Trinajstić information content (AvgIpc) is 2.74. The SMILES string of the molecule is N=c1ccc2c(-c3ccc(C(=O)[O-])cc3C(=O)O)c3ccc(N)c(S(=O)(=O)[O-])c3oc-2c1S(=O)(=O)[O-]. The summed E-state index contributed by atoms with van der Waals surface area (Å²) >= 11 is 0. The summed E-state index contributed by atoms with van der Waals surface area (Å²) in [6, 6.07) is 6.96. The predicted octanol–water partition coefficient (Wildman–Crippen LogP) is 0.136. The second-order valence-corrected chi connectivity index (χ2v) is 10.1. The van der Waals surface area contributed by atoms with E-state index < -0.39 is 75.5 Å². The Morgan fingerprint density at radius 1 is 0.917 bits per heavy atom. The molecule has 0 amide bonds. The molecule has 0 saturated carbocycles. The molecule has 0 unspecified atom stereocenters. The fraction of sp³-hybridized carbons (Fsp3) is 0. The molecule has 0 atom stereocenters. The molecule has 1 aliphatic carbocycles. The van der Waals surface area contributed by atoms with Gasteiger partial charge in [-0.2, -0.15) is 0 Å². The molecule has 15 heteroatoms. The lowest BCUT2D eigenvalue weighted by Gasteiger charge is -2.22. The third-order valence-electron chi connectivity index (χ3n) is 5.25. The van der Waals surface area contributed by atoms with Crippen LogP contribution in [-0.4, -0.2) is 43.0 Å². The van der Waals surface area contributed by atoms with E-state index in [-0.39, 0.29) is 22.1 Å². The highest BCUT2D eigenvalue weighted by Gasteiger charge is 2.28. The van der Waals surface area contributed by atoms with Crippen molar-refractivity contribution in [2.75, 3.05) is 5.73 Å². The second kappa shape index (κ2) is 8.13. The van der Waals surface area contributed by atoms with Crippen molar-refractivity contribution in [1.29, 1.82) is 5.41 Å². The third-order valence-corrected chi connectivity index (χ3v) is 7.08. The van der Waals surface area contributed by atoms with Crippen molar-refractivity contribution in [2.24, 2.45) is 0 Å². The molecule has 2 aromatic carbocycles. The maximum atomic E-state index is 12.0. The largest absolute Gasteiger partial charge is 0.744 e. The summed E-state index contributed by atoms with van der Waals surface area (Å²) in [4.78, 5) is 21.0. The van der Waals surface area contributed by atoms with E-state index >= 15 is 0 Å². The van der Waals surface area contributed by atoms with E-state index in [1.54, 1.807) is 0 Å². The average molecular weight is 531 g/mol. The molecule has 0 saturated heterocycles. The lowest BCUT2D eigenvalue weighted by molar-refractivity contribution is -0.255. The van der Waals surface area contributed by atoms with E-state index in [9.17, 15) is 45.7 Å². The lowest BCUT2D eigenvalue weighted by atomic mass is 9.89. The van der Waals surface area contributed by atoms with E-state index in [1.807, 2.05) is 0 Å². The Bertz CT molecular complexity index is 1870. The number of anilines is 1. The molecule has 2 aromatic rings. The Morgan fingerprint density at radius 2 is 1.53 bits per heavy atom. The van der Waals surface area contributed by atoms with Crippen LogP contribution in [0.3, 0.4) is 0 Å². The van der Waals surface area contributed by atoms with Gasteiger partial charge in [0.15, 0.2) is 11.3 Å². The quantitative estimate of drug-likeness (QED) is 0.176. The van der Waals surface area contributed by atoms with E-state index in [4.69, 9.17) is 15.6 Å². The molecule has 0 radical (unpaired) electrons. The molecule has 1 heterocycles. The zero-order valence-corrected chi connectivity index (χ0v) is 19.1. The summed E-state index contributed by atoms with van der Waals surface area (Å²) in [6.45, 7) is 0. The van der Waals surface area contributed by atoms with Crippen LogP contribution in [0.5, 0.6) is 0 Å². The number of hydrogen-bond donors (Lipinski definition) is 3. The first-order valence-corrected chi connectivity index (χ1v) is 12.3. The first kappa shape index (κ1) is 24.8. The summed E-state index contributed by atoms with van der Waals surface area (Å²) < 4.78 is 77.5. The molecule has 4 rings (SSSR count). The van der Waals surface area contributed by atoms with Gasteiger partial charge >= 0.3 is 5.97 Å². The minimum Gasteiger partial charge on any atom is -0.744 e. The van der Waals surface area contributed by atoms with Gasteiger partial charge in [-0.15, -0.1) is 0 Å².